The Balaban J connectivity index is 1.75. The number of pyridine rings is 1. The van der Waals surface area contributed by atoms with Crippen LogP contribution < -0.4 is 10.0 Å². The Kier molecular flexibility index (Phi) is 5.88. The zero-order valence-corrected chi connectivity index (χ0v) is 16.9. The van der Waals surface area contributed by atoms with Crippen LogP contribution in [0.25, 0.3) is 0 Å². The van der Waals surface area contributed by atoms with Crippen molar-refractivity contribution in [3.8, 4) is 0 Å². The van der Waals surface area contributed by atoms with Crippen LogP contribution in [-0.4, -0.2) is 19.3 Å². The number of aromatic nitrogens is 1. The number of nitrogens with one attached hydrogen (secondary N) is 2. The first-order valence-corrected chi connectivity index (χ1v) is 10.3. The number of hydrogen-bond donors (Lipinski definition) is 2. The molecule has 1 aromatic heterocycles. The number of hydrogen-bond acceptors (Lipinski definition) is 4. The maximum absolute atomic E-state index is 12.5. The van der Waals surface area contributed by atoms with E-state index in [1.54, 1.807) is 12.1 Å². The minimum atomic E-state index is -3.93. The van der Waals surface area contributed by atoms with Gasteiger partial charge in [0, 0.05) is 22.0 Å². The highest BCUT2D eigenvalue weighted by atomic mass is 35.5. The summed E-state index contributed by atoms with van der Waals surface area (Å²) in [4.78, 5) is 16.4. The van der Waals surface area contributed by atoms with Crippen molar-refractivity contribution in [1.82, 2.24) is 4.98 Å². The highest BCUT2D eigenvalue weighted by Crippen LogP contribution is 2.27. The van der Waals surface area contributed by atoms with Gasteiger partial charge in [-0.1, -0.05) is 29.3 Å². The van der Waals surface area contributed by atoms with Crippen molar-refractivity contribution in [2.75, 3.05) is 10.0 Å². The number of aryl methyl sites for hydroxylation is 1. The van der Waals surface area contributed by atoms with E-state index >= 15 is 0 Å². The van der Waals surface area contributed by atoms with Crippen molar-refractivity contribution >= 4 is 50.6 Å². The summed E-state index contributed by atoms with van der Waals surface area (Å²) in [5.41, 5.74) is 1.41. The lowest BCUT2D eigenvalue weighted by atomic mass is 10.2. The molecule has 28 heavy (non-hydrogen) atoms. The van der Waals surface area contributed by atoms with E-state index in [2.05, 4.69) is 15.0 Å². The molecule has 6 nitrogen and oxygen atoms in total. The van der Waals surface area contributed by atoms with Crippen LogP contribution in [0.2, 0.25) is 10.0 Å². The number of rotatable bonds is 5. The molecule has 144 valence electrons. The predicted molar refractivity (Wildman–Crippen MR) is 111 cm³/mol. The second kappa shape index (κ2) is 8.18. The van der Waals surface area contributed by atoms with Gasteiger partial charge in [-0.25, -0.2) is 13.4 Å². The van der Waals surface area contributed by atoms with Gasteiger partial charge in [-0.05, 0) is 61.5 Å². The Bertz CT molecular complexity index is 1130. The van der Waals surface area contributed by atoms with E-state index in [0.717, 1.165) is 5.69 Å². The van der Waals surface area contributed by atoms with Crippen LogP contribution in [0.1, 0.15) is 16.1 Å². The molecule has 0 unspecified atom stereocenters. The summed E-state index contributed by atoms with van der Waals surface area (Å²) in [7, 11) is -3.93. The predicted octanol–water partition coefficient (Wildman–Crippen LogP) is 4.75. The van der Waals surface area contributed by atoms with E-state index < -0.39 is 10.0 Å². The van der Waals surface area contributed by atoms with E-state index in [9.17, 15) is 13.2 Å². The molecule has 0 spiro atoms. The molecule has 0 saturated carbocycles. The number of carbonyl (C=O) groups is 1. The van der Waals surface area contributed by atoms with E-state index in [-0.39, 0.29) is 26.5 Å². The average Bonchev–Trinajstić information content (AvgIpc) is 2.64. The number of anilines is 2. The first-order chi connectivity index (χ1) is 13.2. The Hall–Kier alpha value is -2.61. The molecule has 0 atom stereocenters. The number of benzene rings is 2. The van der Waals surface area contributed by atoms with Gasteiger partial charge in [0.1, 0.15) is 10.7 Å². The van der Waals surface area contributed by atoms with Crippen LogP contribution in [0.3, 0.4) is 0 Å². The van der Waals surface area contributed by atoms with Crippen LogP contribution in [0, 0.1) is 6.92 Å². The molecule has 1 amide bonds. The summed E-state index contributed by atoms with van der Waals surface area (Å²) in [5, 5.41) is 2.99. The van der Waals surface area contributed by atoms with Crippen LogP contribution in [0.15, 0.2) is 65.6 Å². The van der Waals surface area contributed by atoms with Gasteiger partial charge in [-0.15, -0.1) is 0 Å². The number of carbonyl (C=O) groups excluding carboxylic acids is 1. The Morgan fingerprint density at radius 3 is 2.39 bits per heavy atom. The quantitative estimate of drug-likeness (QED) is 0.604. The fourth-order valence-electron chi connectivity index (χ4n) is 2.38. The number of halogens is 2. The standard InChI is InChI=1S/C19H15Cl2N3O3S/c1-12-3-2-4-18(22-12)23-19(25)13-5-8-15(9-6-13)24-28(26,27)17-11-14(20)7-10-16(17)21/h2-11,24H,1H3,(H,22,23,25). The molecular weight excluding hydrogens is 421 g/mol. The van der Waals surface area contributed by atoms with Crippen LogP contribution in [0.5, 0.6) is 0 Å². The molecule has 1 heterocycles. The van der Waals surface area contributed by atoms with Crippen LogP contribution >= 0.6 is 23.2 Å². The maximum atomic E-state index is 12.5. The third-order valence-electron chi connectivity index (χ3n) is 3.71. The van der Waals surface area contributed by atoms with E-state index in [0.29, 0.717) is 11.4 Å². The second-order valence-corrected chi connectivity index (χ2v) is 8.37. The number of nitrogens with zero attached hydrogens (tertiary/aromatic N) is 1. The fourth-order valence-corrected chi connectivity index (χ4v) is 4.21. The summed E-state index contributed by atoms with van der Waals surface area (Å²) in [6, 6.07) is 15.4. The minimum Gasteiger partial charge on any atom is -0.307 e. The molecule has 0 fully saturated rings. The lowest BCUT2D eigenvalue weighted by Gasteiger charge is -2.10. The zero-order valence-electron chi connectivity index (χ0n) is 14.6. The van der Waals surface area contributed by atoms with E-state index in [1.807, 2.05) is 13.0 Å². The maximum Gasteiger partial charge on any atom is 0.263 e. The number of amides is 1. The molecule has 0 saturated heterocycles. The van der Waals surface area contributed by atoms with Gasteiger partial charge < -0.3 is 5.32 Å². The van der Waals surface area contributed by atoms with Crippen molar-refractivity contribution in [2.45, 2.75) is 11.8 Å². The molecule has 0 aliphatic rings. The van der Waals surface area contributed by atoms with Crippen molar-refractivity contribution in [3.63, 3.8) is 0 Å². The normalized spacial score (nSPS) is 11.1. The van der Waals surface area contributed by atoms with E-state index in [1.165, 1.54) is 42.5 Å². The highest BCUT2D eigenvalue weighted by Gasteiger charge is 2.19. The average molecular weight is 436 g/mol. The largest absolute Gasteiger partial charge is 0.307 e. The van der Waals surface area contributed by atoms with Crippen molar-refractivity contribution in [1.29, 1.82) is 0 Å². The summed E-state index contributed by atoms with van der Waals surface area (Å²) in [5.74, 6) is 0.0794. The first kappa shape index (κ1) is 20.1. The smallest absolute Gasteiger partial charge is 0.263 e. The SMILES string of the molecule is Cc1cccc(NC(=O)c2ccc(NS(=O)(=O)c3cc(Cl)ccc3Cl)cc2)n1. The van der Waals surface area contributed by atoms with Gasteiger partial charge in [0.05, 0.1) is 5.02 Å². The van der Waals surface area contributed by atoms with Crippen LogP contribution in [-0.2, 0) is 10.0 Å². The van der Waals surface area contributed by atoms with Gasteiger partial charge in [-0.2, -0.15) is 0 Å². The molecule has 2 aromatic carbocycles. The van der Waals surface area contributed by atoms with Gasteiger partial charge in [0.2, 0.25) is 0 Å². The molecule has 0 radical (unpaired) electrons. The lowest BCUT2D eigenvalue weighted by molar-refractivity contribution is 0.102. The van der Waals surface area contributed by atoms with Gasteiger partial charge in [0.15, 0.2) is 0 Å². The second-order valence-electron chi connectivity index (χ2n) is 5.88. The molecule has 2 N–H and O–H groups in total. The van der Waals surface area contributed by atoms with Crippen LogP contribution in [0.4, 0.5) is 11.5 Å². The van der Waals surface area contributed by atoms with Gasteiger partial charge in [-0.3, -0.25) is 9.52 Å². The summed E-state index contributed by atoms with van der Waals surface area (Å²) in [6.07, 6.45) is 0. The molecule has 0 aliphatic heterocycles. The highest BCUT2D eigenvalue weighted by molar-refractivity contribution is 7.92. The minimum absolute atomic E-state index is 0.0542. The van der Waals surface area contributed by atoms with Crippen molar-refractivity contribution < 1.29 is 13.2 Å². The van der Waals surface area contributed by atoms with Crippen molar-refractivity contribution in [3.05, 3.63) is 82.0 Å². The molecule has 9 heteroatoms. The fraction of sp³-hybridized carbons (Fsp3) is 0.0526. The lowest BCUT2D eigenvalue weighted by Crippen LogP contribution is -2.15. The van der Waals surface area contributed by atoms with Crippen molar-refractivity contribution in [2.24, 2.45) is 0 Å². The third kappa shape index (κ3) is 4.81. The molecule has 3 rings (SSSR count). The third-order valence-corrected chi connectivity index (χ3v) is 5.81. The van der Waals surface area contributed by atoms with Gasteiger partial charge >= 0.3 is 0 Å². The summed E-state index contributed by atoms with van der Waals surface area (Å²) < 4.78 is 27.5. The summed E-state index contributed by atoms with van der Waals surface area (Å²) >= 11 is 11.8. The summed E-state index contributed by atoms with van der Waals surface area (Å²) in [6.45, 7) is 1.82. The number of sulfonamides is 1. The Morgan fingerprint density at radius 2 is 1.71 bits per heavy atom. The molecule has 0 bridgehead atoms. The molecular formula is C19H15Cl2N3O3S. The topological polar surface area (TPSA) is 88.2 Å². The molecule has 3 aromatic rings. The zero-order chi connectivity index (χ0) is 20.3. The first-order valence-electron chi connectivity index (χ1n) is 8.07. The Morgan fingerprint density at radius 1 is 1.00 bits per heavy atom. The van der Waals surface area contributed by atoms with Gasteiger partial charge in [0.25, 0.3) is 15.9 Å². The molecule has 0 aliphatic carbocycles. The monoisotopic (exact) mass is 435 g/mol. The van der Waals surface area contributed by atoms with E-state index in [4.69, 9.17) is 23.2 Å². The Labute approximate surface area is 172 Å².